The maximum atomic E-state index is 14.3. The van der Waals surface area contributed by atoms with Crippen LogP contribution in [0.15, 0.2) is 36.5 Å². The van der Waals surface area contributed by atoms with Gasteiger partial charge in [-0.3, -0.25) is 9.80 Å². The Kier molecular flexibility index (Phi) is 9.88. The predicted octanol–water partition coefficient (Wildman–Crippen LogP) is 6.78. The number of methoxy groups -OCH3 is 2. The van der Waals surface area contributed by atoms with Crippen molar-refractivity contribution in [1.82, 2.24) is 15.3 Å². The molecule has 2 unspecified atom stereocenters. The quantitative estimate of drug-likeness (QED) is 0.221. The molecule has 0 radical (unpaired) electrons. The number of carbonyl (C=O) groups excluding carboxylic acids is 2. The third kappa shape index (κ3) is 7.28. The van der Waals surface area contributed by atoms with Crippen LogP contribution in [-0.2, 0) is 17.8 Å². The lowest BCUT2D eigenvalue weighted by Crippen LogP contribution is -2.50. The number of rotatable bonds is 8. The maximum Gasteiger partial charge on any atom is 0.407 e. The van der Waals surface area contributed by atoms with Gasteiger partial charge >= 0.3 is 12.1 Å². The van der Waals surface area contributed by atoms with E-state index < -0.39 is 17.7 Å². The standard InChI is InChI=1S/C32H39Cl2N7O5/c1-32(2,3)46-30(42)38-22-12-7-6-11-21(22)37-29-36-15-19-17-40(27-25(33)23(44-4)14-24(45-5)26(27)34)31(43)41(28(19)39-29)16-18-9-8-10-20(35)13-18/h8-10,13-15,21-22H,6-7,11-12,16-17,35H2,1-5H3,(H,38,42)(H,36,37,39). The summed E-state index contributed by atoms with van der Waals surface area (Å²) in [5.41, 5.74) is 7.73. The summed E-state index contributed by atoms with van der Waals surface area (Å²) in [6.07, 6.45) is 4.74. The summed E-state index contributed by atoms with van der Waals surface area (Å²) in [7, 11) is 2.94. The Hall–Kier alpha value is -4.16. The molecule has 46 heavy (non-hydrogen) atoms. The van der Waals surface area contributed by atoms with Crippen LogP contribution in [0.5, 0.6) is 11.5 Å². The fraction of sp³-hybridized carbons (Fsp3) is 0.438. The van der Waals surface area contributed by atoms with Gasteiger partial charge in [0.15, 0.2) is 0 Å². The summed E-state index contributed by atoms with van der Waals surface area (Å²) in [5.74, 6) is 1.36. The first kappa shape index (κ1) is 33.2. The van der Waals surface area contributed by atoms with Crippen molar-refractivity contribution in [2.75, 3.05) is 35.1 Å². The number of fused-ring (bicyclic) bond motifs is 1. The van der Waals surface area contributed by atoms with Crippen molar-refractivity contribution in [2.45, 2.75) is 77.2 Å². The molecule has 2 aliphatic rings. The molecule has 0 spiro atoms. The number of nitrogens with zero attached hydrogens (tertiary/aromatic N) is 4. The number of amides is 3. The predicted molar refractivity (Wildman–Crippen MR) is 179 cm³/mol. The molecule has 3 amide bonds. The van der Waals surface area contributed by atoms with E-state index >= 15 is 0 Å². The normalized spacial score (nSPS) is 18.1. The molecule has 1 aromatic heterocycles. The third-order valence-corrected chi connectivity index (χ3v) is 8.51. The first-order valence-electron chi connectivity index (χ1n) is 15.0. The molecule has 14 heteroatoms. The van der Waals surface area contributed by atoms with E-state index in [0.29, 0.717) is 34.5 Å². The third-order valence-electron chi connectivity index (χ3n) is 7.78. The van der Waals surface area contributed by atoms with Crippen molar-refractivity contribution in [3.63, 3.8) is 0 Å². The number of carbonyl (C=O) groups is 2. The second-order valence-corrected chi connectivity index (χ2v) is 13.0. The van der Waals surface area contributed by atoms with Gasteiger partial charge < -0.3 is 30.6 Å². The average molecular weight is 673 g/mol. The van der Waals surface area contributed by atoms with Crippen LogP contribution in [0.4, 0.5) is 32.7 Å². The topological polar surface area (TPSA) is 144 Å². The second-order valence-electron chi connectivity index (χ2n) is 12.3. The zero-order valence-electron chi connectivity index (χ0n) is 26.5. The Balaban J connectivity index is 1.50. The Morgan fingerprint density at radius 3 is 2.37 bits per heavy atom. The largest absolute Gasteiger partial charge is 0.495 e. The summed E-state index contributed by atoms with van der Waals surface area (Å²) >= 11 is 13.5. The Morgan fingerprint density at radius 2 is 1.74 bits per heavy atom. The van der Waals surface area contributed by atoms with Crippen LogP contribution < -0.4 is 35.6 Å². The smallest absolute Gasteiger partial charge is 0.407 e. The highest BCUT2D eigenvalue weighted by molar-refractivity contribution is 6.42. The lowest BCUT2D eigenvalue weighted by atomic mass is 9.90. The summed E-state index contributed by atoms with van der Waals surface area (Å²) in [4.78, 5) is 39.4. The number of nitrogens with one attached hydrogen (secondary N) is 2. The molecule has 1 fully saturated rings. The molecule has 3 aromatic rings. The van der Waals surface area contributed by atoms with Gasteiger partial charge in [-0.15, -0.1) is 0 Å². The van der Waals surface area contributed by atoms with Gasteiger partial charge in [0.05, 0.1) is 39.0 Å². The molecule has 1 aliphatic heterocycles. The molecular formula is C32H39Cl2N7O5. The fourth-order valence-corrected chi connectivity index (χ4v) is 6.39. The Labute approximate surface area is 278 Å². The second kappa shape index (κ2) is 13.7. The zero-order chi connectivity index (χ0) is 33.2. The minimum Gasteiger partial charge on any atom is -0.495 e. The van der Waals surface area contributed by atoms with E-state index in [1.165, 1.54) is 24.0 Å². The van der Waals surface area contributed by atoms with Gasteiger partial charge in [0.1, 0.15) is 33.0 Å². The van der Waals surface area contributed by atoms with E-state index in [2.05, 4.69) is 15.6 Å². The van der Waals surface area contributed by atoms with E-state index in [1.807, 2.05) is 32.9 Å². The molecule has 5 rings (SSSR count). The molecule has 0 saturated heterocycles. The highest BCUT2D eigenvalue weighted by Crippen LogP contribution is 2.48. The molecule has 4 N–H and O–H groups in total. The van der Waals surface area contributed by atoms with Gasteiger partial charge in [0.2, 0.25) is 5.95 Å². The number of hydrogen-bond donors (Lipinski definition) is 3. The van der Waals surface area contributed by atoms with Crippen LogP contribution in [0.25, 0.3) is 0 Å². The number of alkyl carbamates (subject to hydrolysis) is 1. The van der Waals surface area contributed by atoms with Crippen LogP contribution in [0.2, 0.25) is 10.0 Å². The molecule has 1 aliphatic carbocycles. The van der Waals surface area contributed by atoms with Gasteiger partial charge in [0, 0.05) is 29.6 Å². The van der Waals surface area contributed by atoms with Crippen molar-refractivity contribution in [3.8, 4) is 11.5 Å². The molecule has 2 atom stereocenters. The van der Waals surface area contributed by atoms with Crippen molar-refractivity contribution >= 4 is 58.5 Å². The monoisotopic (exact) mass is 671 g/mol. The van der Waals surface area contributed by atoms with E-state index in [-0.39, 0.29) is 40.9 Å². The molecule has 1 saturated carbocycles. The first-order valence-corrected chi connectivity index (χ1v) is 15.8. The number of benzene rings is 2. The summed E-state index contributed by atoms with van der Waals surface area (Å²) in [6, 6.07) is 8.11. The van der Waals surface area contributed by atoms with Crippen molar-refractivity contribution in [3.05, 3.63) is 57.7 Å². The average Bonchev–Trinajstić information content (AvgIpc) is 2.99. The minimum atomic E-state index is -0.610. The van der Waals surface area contributed by atoms with Gasteiger partial charge in [-0.25, -0.2) is 14.6 Å². The number of anilines is 4. The van der Waals surface area contributed by atoms with Crippen molar-refractivity contribution in [1.29, 1.82) is 0 Å². The Bertz CT molecular complexity index is 1590. The first-order chi connectivity index (χ1) is 21.9. The number of urea groups is 1. The van der Waals surface area contributed by atoms with Crippen LogP contribution in [-0.4, -0.2) is 54.0 Å². The van der Waals surface area contributed by atoms with Crippen LogP contribution in [0.1, 0.15) is 57.6 Å². The summed E-state index contributed by atoms with van der Waals surface area (Å²) in [5, 5.41) is 6.74. The molecule has 0 bridgehead atoms. The van der Waals surface area contributed by atoms with Crippen LogP contribution >= 0.6 is 23.2 Å². The van der Waals surface area contributed by atoms with Gasteiger partial charge in [-0.05, 0) is 51.3 Å². The lowest BCUT2D eigenvalue weighted by Gasteiger charge is -2.37. The number of hydrogen-bond acceptors (Lipinski definition) is 9. The van der Waals surface area contributed by atoms with E-state index in [1.54, 1.807) is 24.4 Å². The SMILES string of the molecule is COc1cc(OC)c(Cl)c(N2Cc3cnc(NC4CCCCC4NC(=O)OC(C)(C)C)nc3N(Cc3cccc(N)c3)C2=O)c1Cl. The van der Waals surface area contributed by atoms with Crippen molar-refractivity contribution < 1.29 is 23.8 Å². The minimum absolute atomic E-state index is 0.0872. The number of nitrogen functional groups attached to an aromatic ring is 1. The number of nitrogens with two attached hydrogens (primary N) is 1. The molecule has 246 valence electrons. The number of ether oxygens (including phenoxy) is 3. The van der Waals surface area contributed by atoms with Gasteiger partial charge in [-0.1, -0.05) is 48.2 Å². The van der Waals surface area contributed by atoms with Crippen LogP contribution in [0, 0.1) is 0 Å². The van der Waals surface area contributed by atoms with Crippen LogP contribution in [0.3, 0.4) is 0 Å². The molecular weight excluding hydrogens is 633 g/mol. The number of aromatic nitrogens is 2. The number of halogens is 2. The molecule has 2 heterocycles. The van der Waals surface area contributed by atoms with Gasteiger partial charge in [-0.2, -0.15) is 4.98 Å². The van der Waals surface area contributed by atoms with Gasteiger partial charge in [0.25, 0.3) is 0 Å². The Morgan fingerprint density at radius 1 is 1.07 bits per heavy atom. The summed E-state index contributed by atoms with van der Waals surface area (Å²) in [6.45, 7) is 5.73. The van der Waals surface area contributed by atoms with Crippen molar-refractivity contribution in [2.24, 2.45) is 0 Å². The van der Waals surface area contributed by atoms with E-state index in [4.69, 9.17) is 48.1 Å². The molecule has 2 aromatic carbocycles. The zero-order valence-corrected chi connectivity index (χ0v) is 28.0. The van der Waals surface area contributed by atoms with E-state index in [0.717, 1.165) is 31.2 Å². The van der Waals surface area contributed by atoms with E-state index in [9.17, 15) is 9.59 Å². The maximum absolute atomic E-state index is 14.3. The summed E-state index contributed by atoms with van der Waals surface area (Å²) < 4.78 is 16.4. The highest BCUT2D eigenvalue weighted by atomic mass is 35.5. The highest BCUT2D eigenvalue weighted by Gasteiger charge is 2.37. The fourth-order valence-electron chi connectivity index (χ4n) is 5.69. The molecule has 12 nitrogen and oxygen atoms in total. The lowest BCUT2D eigenvalue weighted by molar-refractivity contribution is 0.0488.